The lowest BCUT2D eigenvalue weighted by Crippen LogP contribution is -2.16. The lowest BCUT2D eigenvalue weighted by atomic mass is 10.1. The molecular weight excluding hydrogens is 383 g/mol. The van der Waals surface area contributed by atoms with Crippen molar-refractivity contribution in [2.45, 2.75) is 12.6 Å². The highest BCUT2D eigenvalue weighted by molar-refractivity contribution is 6.04. The van der Waals surface area contributed by atoms with Gasteiger partial charge in [0.2, 0.25) is 5.91 Å². The summed E-state index contributed by atoms with van der Waals surface area (Å²) in [4.78, 5) is 28.2. The first kappa shape index (κ1) is 20.1. The number of alkyl halides is 3. The van der Waals surface area contributed by atoms with E-state index in [0.717, 1.165) is 12.1 Å². The molecule has 1 aromatic heterocycles. The van der Waals surface area contributed by atoms with Crippen molar-refractivity contribution in [2.75, 3.05) is 10.6 Å². The van der Waals surface area contributed by atoms with Crippen molar-refractivity contribution < 1.29 is 22.8 Å². The van der Waals surface area contributed by atoms with Gasteiger partial charge in [-0.15, -0.1) is 0 Å². The van der Waals surface area contributed by atoms with E-state index in [4.69, 9.17) is 0 Å². The summed E-state index contributed by atoms with van der Waals surface area (Å²) in [6.07, 6.45) is -1.68. The summed E-state index contributed by atoms with van der Waals surface area (Å²) in [5, 5.41) is 5.32. The molecule has 0 aliphatic carbocycles. The average molecular weight is 399 g/mol. The summed E-state index contributed by atoms with van der Waals surface area (Å²) < 4.78 is 38.4. The first-order chi connectivity index (χ1) is 13.8. The van der Waals surface area contributed by atoms with E-state index in [0.29, 0.717) is 16.9 Å². The number of halogens is 3. The zero-order valence-electron chi connectivity index (χ0n) is 15.0. The van der Waals surface area contributed by atoms with E-state index in [2.05, 4.69) is 15.6 Å². The Kier molecular flexibility index (Phi) is 5.92. The maximum Gasteiger partial charge on any atom is 0.416 e. The molecular formula is C21H16F3N3O2. The second kappa shape index (κ2) is 8.55. The highest BCUT2D eigenvalue weighted by Crippen LogP contribution is 2.29. The lowest BCUT2D eigenvalue weighted by molar-refractivity contribution is -0.137. The Morgan fingerprint density at radius 3 is 2.21 bits per heavy atom. The van der Waals surface area contributed by atoms with Crippen molar-refractivity contribution in [1.82, 2.24) is 4.98 Å². The van der Waals surface area contributed by atoms with Crippen LogP contribution in [0.1, 0.15) is 21.5 Å². The molecule has 0 aliphatic heterocycles. The summed E-state index contributed by atoms with van der Waals surface area (Å²) in [6.45, 7) is 0. The standard InChI is InChI=1S/C21H16F3N3O2/c22-21(23,24)16-4-1-3-14(11-16)12-19(28)26-17-5-2-6-18(13-17)27-20(29)15-7-9-25-10-8-15/h1-11,13H,12H2,(H,26,28)(H,27,29). The quantitative estimate of drug-likeness (QED) is 0.662. The molecule has 3 rings (SSSR count). The second-order valence-electron chi connectivity index (χ2n) is 6.19. The fourth-order valence-corrected chi connectivity index (χ4v) is 2.63. The van der Waals surface area contributed by atoms with E-state index < -0.39 is 17.6 Å². The van der Waals surface area contributed by atoms with Crippen LogP contribution >= 0.6 is 0 Å². The molecule has 0 unspecified atom stereocenters. The summed E-state index contributed by atoms with van der Waals surface area (Å²) in [6, 6.07) is 14.2. The van der Waals surface area contributed by atoms with E-state index in [-0.39, 0.29) is 17.9 Å². The van der Waals surface area contributed by atoms with Gasteiger partial charge in [-0.2, -0.15) is 13.2 Å². The third kappa shape index (κ3) is 5.65. The number of nitrogens with zero attached hydrogens (tertiary/aromatic N) is 1. The number of hydrogen-bond acceptors (Lipinski definition) is 3. The number of aromatic nitrogens is 1. The smallest absolute Gasteiger partial charge is 0.326 e. The van der Waals surface area contributed by atoms with Crippen LogP contribution in [0.4, 0.5) is 24.5 Å². The van der Waals surface area contributed by atoms with E-state index >= 15 is 0 Å². The van der Waals surface area contributed by atoms with Crippen molar-refractivity contribution in [3.63, 3.8) is 0 Å². The van der Waals surface area contributed by atoms with Crippen LogP contribution < -0.4 is 10.6 Å². The molecule has 148 valence electrons. The molecule has 8 heteroatoms. The first-order valence-electron chi connectivity index (χ1n) is 8.59. The van der Waals surface area contributed by atoms with Gasteiger partial charge in [-0.1, -0.05) is 24.3 Å². The lowest BCUT2D eigenvalue weighted by Gasteiger charge is -2.10. The summed E-state index contributed by atoms with van der Waals surface area (Å²) in [5.74, 6) is -0.804. The number of carbonyl (C=O) groups excluding carboxylic acids is 2. The first-order valence-corrected chi connectivity index (χ1v) is 8.59. The molecule has 0 aliphatic rings. The summed E-state index contributed by atoms with van der Waals surface area (Å²) in [7, 11) is 0. The van der Waals surface area contributed by atoms with Crippen molar-refractivity contribution in [1.29, 1.82) is 0 Å². The fraction of sp³-hybridized carbons (Fsp3) is 0.0952. The van der Waals surface area contributed by atoms with Gasteiger partial charge in [0.05, 0.1) is 12.0 Å². The number of amides is 2. The molecule has 2 aromatic carbocycles. The highest BCUT2D eigenvalue weighted by atomic mass is 19.4. The van der Waals surface area contributed by atoms with Gasteiger partial charge in [-0.25, -0.2) is 0 Å². The normalized spacial score (nSPS) is 11.0. The van der Waals surface area contributed by atoms with Crippen LogP contribution in [-0.4, -0.2) is 16.8 Å². The monoisotopic (exact) mass is 399 g/mol. The van der Waals surface area contributed by atoms with Gasteiger partial charge in [-0.05, 0) is 42.0 Å². The van der Waals surface area contributed by atoms with E-state index in [9.17, 15) is 22.8 Å². The second-order valence-corrected chi connectivity index (χ2v) is 6.19. The van der Waals surface area contributed by atoms with E-state index in [1.165, 1.54) is 24.5 Å². The van der Waals surface area contributed by atoms with E-state index in [1.807, 2.05) is 0 Å². The van der Waals surface area contributed by atoms with Gasteiger partial charge in [0, 0.05) is 29.3 Å². The number of nitrogens with one attached hydrogen (secondary N) is 2. The van der Waals surface area contributed by atoms with Crippen molar-refractivity contribution in [3.05, 3.63) is 89.7 Å². The highest BCUT2D eigenvalue weighted by Gasteiger charge is 2.30. The SMILES string of the molecule is O=C(Cc1cccc(C(F)(F)F)c1)Nc1cccc(NC(=O)c2ccncc2)c1. The van der Waals surface area contributed by atoms with Gasteiger partial charge < -0.3 is 10.6 Å². The van der Waals surface area contributed by atoms with E-state index in [1.54, 1.807) is 36.4 Å². The molecule has 0 bridgehead atoms. The molecule has 0 saturated heterocycles. The number of rotatable bonds is 5. The minimum absolute atomic E-state index is 0.211. The number of hydrogen-bond donors (Lipinski definition) is 2. The van der Waals surface area contributed by atoms with Crippen LogP contribution in [0, 0.1) is 0 Å². The Balaban J connectivity index is 1.64. The number of anilines is 2. The number of pyridine rings is 1. The van der Waals surface area contributed by atoms with Gasteiger partial charge in [0.15, 0.2) is 0 Å². The summed E-state index contributed by atoms with van der Waals surface area (Å²) >= 11 is 0. The van der Waals surface area contributed by atoms with Crippen LogP contribution in [0.5, 0.6) is 0 Å². The third-order valence-corrected chi connectivity index (χ3v) is 3.97. The molecule has 0 saturated carbocycles. The Morgan fingerprint density at radius 2 is 1.52 bits per heavy atom. The Hall–Kier alpha value is -3.68. The number of benzene rings is 2. The van der Waals surface area contributed by atoms with Crippen LogP contribution in [-0.2, 0) is 17.4 Å². The molecule has 0 atom stereocenters. The average Bonchev–Trinajstić information content (AvgIpc) is 2.68. The van der Waals surface area contributed by atoms with Gasteiger partial charge in [0.25, 0.3) is 5.91 Å². The molecule has 1 heterocycles. The van der Waals surface area contributed by atoms with Crippen LogP contribution in [0.3, 0.4) is 0 Å². The van der Waals surface area contributed by atoms with Crippen LogP contribution in [0.15, 0.2) is 73.1 Å². The zero-order chi connectivity index (χ0) is 20.9. The van der Waals surface area contributed by atoms with Gasteiger partial charge in [0.1, 0.15) is 0 Å². The molecule has 0 fully saturated rings. The Bertz CT molecular complexity index is 1020. The molecule has 0 spiro atoms. The maximum atomic E-state index is 12.8. The molecule has 5 nitrogen and oxygen atoms in total. The van der Waals surface area contributed by atoms with Crippen LogP contribution in [0.25, 0.3) is 0 Å². The van der Waals surface area contributed by atoms with Gasteiger partial charge in [-0.3, -0.25) is 14.6 Å². The third-order valence-electron chi connectivity index (χ3n) is 3.97. The van der Waals surface area contributed by atoms with Crippen molar-refractivity contribution in [2.24, 2.45) is 0 Å². The maximum absolute atomic E-state index is 12.8. The zero-order valence-corrected chi connectivity index (χ0v) is 15.0. The molecule has 3 aromatic rings. The largest absolute Gasteiger partial charge is 0.416 e. The molecule has 0 radical (unpaired) electrons. The topological polar surface area (TPSA) is 71.1 Å². The Labute approximate surface area is 164 Å². The number of carbonyl (C=O) groups is 2. The molecule has 29 heavy (non-hydrogen) atoms. The predicted molar refractivity (Wildman–Crippen MR) is 102 cm³/mol. The predicted octanol–water partition coefficient (Wildman–Crippen LogP) is 4.53. The van der Waals surface area contributed by atoms with Gasteiger partial charge >= 0.3 is 6.18 Å². The minimum atomic E-state index is -4.46. The molecule has 2 N–H and O–H groups in total. The Morgan fingerprint density at radius 1 is 0.862 bits per heavy atom. The van der Waals surface area contributed by atoms with Crippen LogP contribution in [0.2, 0.25) is 0 Å². The minimum Gasteiger partial charge on any atom is -0.326 e. The summed E-state index contributed by atoms with van der Waals surface area (Å²) in [5.41, 5.74) is 0.750. The van der Waals surface area contributed by atoms with Crippen molar-refractivity contribution >= 4 is 23.2 Å². The van der Waals surface area contributed by atoms with Crippen molar-refractivity contribution in [3.8, 4) is 0 Å². The fourth-order valence-electron chi connectivity index (χ4n) is 2.63. The molecule has 2 amide bonds.